The molecule has 0 aromatic heterocycles. The summed E-state index contributed by atoms with van der Waals surface area (Å²) < 4.78 is 0. The molecular formula is C8H15N. The minimum absolute atomic E-state index is 0.764. The van der Waals surface area contributed by atoms with Gasteiger partial charge in [-0.2, -0.15) is 0 Å². The van der Waals surface area contributed by atoms with Gasteiger partial charge < -0.3 is 5.32 Å². The fraction of sp³-hybridized carbons (Fsp3) is 1.00. The lowest BCUT2D eigenvalue weighted by molar-refractivity contribution is 0.108. The molecule has 0 radical (unpaired) electrons. The molecule has 0 aromatic carbocycles. The Kier molecular flexibility index (Phi) is 1.10. The normalized spacial score (nSPS) is 39.0. The number of hydrogen-bond acceptors (Lipinski definition) is 1. The molecule has 1 unspecified atom stereocenters. The highest BCUT2D eigenvalue weighted by molar-refractivity contribution is 4.98. The molecule has 1 nitrogen and oxygen atoms in total. The Hall–Kier alpha value is -0.0400. The van der Waals surface area contributed by atoms with Crippen molar-refractivity contribution in [2.24, 2.45) is 11.3 Å². The molecule has 2 fully saturated rings. The van der Waals surface area contributed by atoms with Gasteiger partial charge >= 0.3 is 0 Å². The lowest BCUT2D eigenvalue weighted by Crippen LogP contribution is -2.35. The van der Waals surface area contributed by atoms with Crippen LogP contribution < -0.4 is 5.32 Å². The molecule has 0 bridgehead atoms. The van der Waals surface area contributed by atoms with Gasteiger partial charge in [0.25, 0.3) is 0 Å². The van der Waals surface area contributed by atoms with E-state index in [0.717, 1.165) is 11.3 Å². The quantitative estimate of drug-likeness (QED) is 0.516. The fourth-order valence-electron chi connectivity index (χ4n) is 2.23. The van der Waals surface area contributed by atoms with Crippen molar-refractivity contribution in [3.8, 4) is 0 Å². The van der Waals surface area contributed by atoms with Crippen LogP contribution in [0.5, 0.6) is 0 Å². The van der Waals surface area contributed by atoms with Crippen LogP contribution in [0.1, 0.15) is 26.2 Å². The summed E-state index contributed by atoms with van der Waals surface area (Å²) in [5, 5.41) is 3.46. The van der Waals surface area contributed by atoms with Crippen LogP contribution in [0.3, 0.4) is 0 Å². The molecule has 1 N–H and O–H groups in total. The minimum Gasteiger partial charge on any atom is -0.316 e. The predicted octanol–water partition coefficient (Wildman–Crippen LogP) is 1.40. The summed E-state index contributed by atoms with van der Waals surface area (Å²) in [6.07, 6.45) is 4.45. The maximum atomic E-state index is 3.46. The second-order valence-corrected chi connectivity index (χ2v) is 3.75. The molecule has 2 rings (SSSR count). The first-order chi connectivity index (χ1) is 4.33. The summed E-state index contributed by atoms with van der Waals surface area (Å²) >= 11 is 0. The summed E-state index contributed by atoms with van der Waals surface area (Å²) in [4.78, 5) is 0. The van der Waals surface area contributed by atoms with E-state index in [2.05, 4.69) is 12.2 Å². The Balaban J connectivity index is 2.09. The molecule has 1 atom stereocenters. The van der Waals surface area contributed by atoms with Gasteiger partial charge in [-0.1, -0.05) is 13.3 Å². The summed E-state index contributed by atoms with van der Waals surface area (Å²) in [7, 11) is 0. The Morgan fingerprint density at radius 3 is 2.44 bits per heavy atom. The molecule has 0 amide bonds. The van der Waals surface area contributed by atoms with Crippen molar-refractivity contribution in [1.82, 2.24) is 5.32 Å². The van der Waals surface area contributed by atoms with Gasteiger partial charge in [0.15, 0.2) is 0 Å². The molecule has 52 valence electrons. The molecule has 1 heteroatoms. The van der Waals surface area contributed by atoms with Crippen LogP contribution in [0.4, 0.5) is 0 Å². The molecule has 1 aliphatic carbocycles. The molecule has 1 spiro atoms. The fourth-order valence-corrected chi connectivity index (χ4v) is 2.23. The Bertz CT molecular complexity index is 116. The Morgan fingerprint density at radius 1 is 1.44 bits per heavy atom. The van der Waals surface area contributed by atoms with Crippen molar-refractivity contribution in [3.05, 3.63) is 0 Å². The Morgan fingerprint density at radius 2 is 2.22 bits per heavy atom. The summed E-state index contributed by atoms with van der Waals surface area (Å²) in [5.41, 5.74) is 0.764. The van der Waals surface area contributed by atoms with Crippen LogP contribution in [0.2, 0.25) is 0 Å². The van der Waals surface area contributed by atoms with Crippen molar-refractivity contribution in [2.45, 2.75) is 26.2 Å². The van der Waals surface area contributed by atoms with Crippen LogP contribution in [0.15, 0.2) is 0 Å². The average Bonchev–Trinajstić information content (AvgIpc) is 2.07. The van der Waals surface area contributed by atoms with Gasteiger partial charge in [-0.25, -0.2) is 0 Å². The predicted molar refractivity (Wildman–Crippen MR) is 38.3 cm³/mol. The topological polar surface area (TPSA) is 12.0 Å². The number of rotatable bonds is 0. The molecule has 1 saturated carbocycles. The lowest BCUT2D eigenvalue weighted by atomic mass is 9.63. The highest BCUT2D eigenvalue weighted by Crippen LogP contribution is 2.48. The third-order valence-corrected chi connectivity index (χ3v) is 3.32. The number of nitrogens with one attached hydrogen (secondary N) is 1. The average molecular weight is 125 g/mol. The van der Waals surface area contributed by atoms with Crippen molar-refractivity contribution in [3.63, 3.8) is 0 Å². The van der Waals surface area contributed by atoms with Crippen LogP contribution in [-0.2, 0) is 0 Å². The molecule has 9 heavy (non-hydrogen) atoms. The first-order valence-electron chi connectivity index (χ1n) is 4.04. The molecule has 1 aliphatic heterocycles. The van der Waals surface area contributed by atoms with Crippen LogP contribution >= 0.6 is 0 Å². The zero-order valence-electron chi connectivity index (χ0n) is 6.11. The minimum atomic E-state index is 0.764. The summed E-state index contributed by atoms with van der Waals surface area (Å²) in [6.45, 7) is 4.95. The summed E-state index contributed by atoms with van der Waals surface area (Å²) in [6, 6.07) is 0. The van der Waals surface area contributed by atoms with E-state index < -0.39 is 0 Å². The second kappa shape index (κ2) is 1.72. The van der Waals surface area contributed by atoms with E-state index in [1.807, 2.05) is 0 Å². The van der Waals surface area contributed by atoms with E-state index in [1.54, 1.807) is 0 Å². The third-order valence-electron chi connectivity index (χ3n) is 3.32. The zero-order chi connectivity index (χ0) is 6.32. The van der Waals surface area contributed by atoms with Gasteiger partial charge in [-0.3, -0.25) is 0 Å². The van der Waals surface area contributed by atoms with E-state index in [-0.39, 0.29) is 0 Å². The molecule has 2 aliphatic rings. The van der Waals surface area contributed by atoms with Crippen LogP contribution in [0, 0.1) is 11.3 Å². The lowest BCUT2D eigenvalue weighted by Gasteiger charge is -2.41. The van der Waals surface area contributed by atoms with Gasteiger partial charge in [0.1, 0.15) is 0 Å². The first kappa shape index (κ1) is 5.72. The highest BCUT2D eigenvalue weighted by Gasteiger charge is 2.44. The summed E-state index contributed by atoms with van der Waals surface area (Å²) in [5.74, 6) is 0.950. The van der Waals surface area contributed by atoms with E-state index in [9.17, 15) is 0 Å². The van der Waals surface area contributed by atoms with Crippen LogP contribution in [0.25, 0.3) is 0 Å². The van der Waals surface area contributed by atoms with E-state index in [0.29, 0.717) is 0 Å². The first-order valence-corrected chi connectivity index (χ1v) is 4.04. The third kappa shape index (κ3) is 0.644. The van der Waals surface area contributed by atoms with Crippen LogP contribution in [-0.4, -0.2) is 13.1 Å². The van der Waals surface area contributed by atoms with E-state index in [1.165, 1.54) is 32.4 Å². The SMILES string of the molecule is CC1CNCC12CCC2. The largest absolute Gasteiger partial charge is 0.316 e. The van der Waals surface area contributed by atoms with Gasteiger partial charge in [-0.15, -0.1) is 0 Å². The molecular weight excluding hydrogens is 110 g/mol. The number of hydrogen-bond donors (Lipinski definition) is 1. The Labute approximate surface area is 56.8 Å². The van der Waals surface area contributed by atoms with Crippen molar-refractivity contribution in [2.75, 3.05) is 13.1 Å². The maximum absolute atomic E-state index is 3.46. The van der Waals surface area contributed by atoms with Gasteiger partial charge in [0.05, 0.1) is 0 Å². The van der Waals surface area contributed by atoms with Crippen molar-refractivity contribution in [1.29, 1.82) is 0 Å². The van der Waals surface area contributed by atoms with E-state index >= 15 is 0 Å². The van der Waals surface area contributed by atoms with Gasteiger partial charge in [0.2, 0.25) is 0 Å². The zero-order valence-corrected chi connectivity index (χ0v) is 6.11. The molecule has 0 aromatic rings. The highest BCUT2D eigenvalue weighted by atomic mass is 14.9. The van der Waals surface area contributed by atoms with Gasteiger partial charge in [0, 0.05) is 6.54 Å². The monoisotopic (exact) mass is 125 g/mol. The van der Waals surface area contributed by atoms with Crippen molar-refractivity contribution < 1.29 is 0 Å². The molecule has 1 saturated heterocycles. The smallest absolute Gasteiger partial charge is 0.00110 e. The standard InChI is InChI=1S/C8H15N/c1-7-5-9-6-8(7)3-2-4-8/h7,9H,2-6H2,1H3. The van der Waals surface area contributed by atoms with E-state index in [4.69, 9.17) is 0 Å². The second-order valence-electron chi connectivity index (χ2n) is 3.75. The van der Waals surface area contributed by atoms with Crippen molar-refractivity contribution >= 4 is 0 Å². The molecule has 1 heterocycles. The maximum Gasteiger partial charge on any atom is 0.00110 e. The van der Waals surface area contributed by atoms with Gasteiger partial charge in [-0.05, 0) is 30.7 Å².